The second-order valence-electron chi connectivity index (χ2n) is 2.27. The number of halogens is 3. The lowest BCUT2D eigenvalue weighted by Gasteiger charge is -2.14. The van der Waals surface area contributed by atoms with E-state index in [0.717, 1.165) is 0 Å². The van der Waals surface area contributed by atoms with Gasteiger partial charge in [0.2, 0.25) is 6.23 Å². The monoisotopic (exact) mass is 171 g/mol. The van der Waals surface area contributed by atoms with E-state index in [2.05, 4.69) is 10.1 Å². The summed E-state index contributed by atoms with van der Waals surface area (Å²) in [6.07, 6.45) is -7.04. The molecule has 3 nitrogen and oxygen atoms in total. The normalized spacial score (nSPS) is 32.7. The fourth-order valence-electron chi connectivity index (χ4n) is 0.828. The van der Waals surface area contributed by atoms with Crippen LogP contribution in [0.4, 0.5) is 13.2 Å². The number of ether oxygens (including phenoxy) is 1. The summed E-state index contributed by atoms with van der Waals surface area (Å²) in [7, 11) is 0. The van der Waals surface area contributed by atoms with Crippen molar-refractivity contribution in [2.45, 2.75) is 18.5 Å². The standard InChI is InChI=1S/C5H8F3NO2/c6-5(7,8)4-9-1-3(2-10)11-4/h3-4,9-10H,1-2H2/t3-,4+/m0/s1. The maximum Gasteiger partial charge on any atom is 0.428 e. The minimum absolute atomic E-state index is 0.0423. The summed E-state index contributed by atoms with van der Waals surface area (Å²) in [6, 6.07) is 0. The molecule has 1 rings (SSSR count). The maximum absolute atomic E-state index is 11.8. The largest absolute Gasteiger partial charge is 0.428 e. The Morgan fingerprint density at radius 3 is 2.45 bits per heavy atom. The van der Waals surface area contributed by atoms with Gasteiger partial charge >= 0.3 is 6.18 Å². The van der Waals surface area contributed by atoms with Crippen LogP contribution in [0.25, 0.3) is 0 Å². The van der Waals surface area contributed by atoms with Gasteiger partial charge in [0, 0.05) is 6.54 Å². The van der Waals surface area contributed by atoms with E-state index in [1.54, 1.807) is 0 Å². The summed E-state index contributed by atoms with van der Waals surface area (Å²) in [6.45, 7) is -0.347. The average Bonchev–Trinajstić information content (AvgIpc) is 2.32. The lowest BCUT2D eigenvalue weighted by Crippen LogP contribution is -2.38. The Balaban J connectivity index is 2.42. The highest BCUT2D eigenvalue weighted by molar-refractivity contribution is 4.77. The summed E-state index contributed by atoms with van der Waals surface area (Å²) in [5.41, 5.74) is 0. The van der Waals surface area contributed by atoms with Crippen molar-refractivity contribution < 1.29 is 23.0 Å². The van der Waals surface area contributed by atoms with Gasteiger partial charge in [-0.3, -0.25) is 5.32 Å². The molecule has 0 saturated carbocycles. The highest BCUT2D eigenvalue weighted by Crippen LogP contribution is 2.24. The van der Waals surface area contributed by atoms with Crippen LogP contribution in [0.5, 0.6) is 0 Å². The molecule has 6 heteroatoms. The van der Waals surface area contributed by atoms with Gasteiger partial charge in [0.1, 0.15) is 0 Å². The van der Waals surface area contributed by atoms with Gasteiger partial charge in [0.25, 0.3) is 0 Å². The number of rotatable bonds is 1. The summed E-state index contributed by atoms with van der Waals surface area (Å²) in [5, 5.41) is 10.5. The van der Waals surface area contributed by atoms with Crippen molar-refractivity contribution in [1.82, 2.24) is 5.32 Å². The van der Waals surface area contributed by atoms with Crippen LogP contribution in [0.1, 0.15) is 0 Å². The van der Waals surface area contributed by atoms with Crippen LogP contribution < -0.4 is 5.32 Å². The van der Waals surface area contributed by atoms with Gasteiger partial charge in [0.05, 0.1) is 12.7 Å². The van der Waals surface area contributed by atoms with Crippen molar-refractivity contribution in [3.63, 3.8) is 0 Å². The van der Waals surface area contributed by atoms with Gasteiger partial charge < -0.3 is 9.84 Å². The van der Waals surface area contributed by atoms with E-state index in [-0.39, 0.29) is 13.2 Å². The lowest BCUT2D eigenvalue weighted by atomic mass is 10.4. The highest BCUT2D eigenvalue weighted by atomic mass is 19.4. The SMILES string of the molecule is OC[C@@H]1CN[C@@H](C(F)(F)F)O1. The summed E-state index contributed by atoms with van der Waals surface area (Å²) in [4.78, 5) is 0. The van der Waals surface area contributed by atoms with Crippen molar-refractivity contribution in [1.29, 1.82) is 0 Å². The molecule has 0 aromatic carbocycles. The molecule has 1 fully saturated rings. The summed E-state index contributed by atoms with van der Waals surface area (Å²) >= 11 is 0. The second kappa shape index (κ2) is 2.96. The molecule has 1 aliphatic heterocycles. The number of hydrogen-bond donors (Lipinski definition) is 2. The van der Waals surface area contributed by atoms with Crippen molar-refractivity contribution >= 4 is 0 Å². The van der Waals surface area contributed by atoms with Crippen molar-refractivity contribution in [2.24, 2.45) is 0 Å². The molecule has 11 heavy (non-hydrogen) atoms. The first-order valence-corrected chi connectivity index (χ1v) is 3.10. The quantitative estimate of drug-likeness (QED) is 0.576. The number of aliphatic hydroxyl groups is 1. The second-order valence-corrected chi connectivity index (χ2v) is 2.27. The molecule has 0 aliphatic carbocycles. The van der Waals surface area contributed by atoms with Gasteiger partial charge in [-0.05, 0) is 0 Å². The van der Waals surface area contributed by atoms with Crippen LogP contribution in [0.3, 0.4) is 0 Å². The lowest BCUT2D eigenvalue weighted by molar-refractivity contribution is -0.222. The van der Waals surface area contributed by atoms with E-state index >= 15 is 0 Å². The van der Waals surface area contributed by atoms with Crippen molar-refractivity contribution in [3.05, 3.63) is 0 Å². The molecule has 0 radical (unpaired) electrons. The zero-order valence-electron chi connectivity index (χ0n) is 5.56. The topological polar surface area (TPSA) is 41.5 Å². The zero-order valence-corrected chi connectivity index (χ0v) is 5.56. The van der Waals surface area contributed by atoms with Crippen LogP contribution in [-0.2, 0) is 4.74 Å². The van der Waals surface area contributed by atoms with Crippen molar-refractivity contribution in [3.8, 4) is 0 Å². The van der Waals surface area contributed by atoms with Crippen LogP contribution >= 0.6 is 0 Å². The molecular formula is C5H8F3NO2. The molecule has 0 unspecified atom stereocenters. The average molecular weight is 171 g/mol. The third-order valence-corrected chi connectivity index (χ3v) is 1.36. The fraction of sp³-hybridized carbons (Fsp3) is 1.00. The Bertz CT molecular complexity index is 138. The Morgan fingerprint density at radius 2 is 2.18 bits per heavy atom. The molecule has 66 valence electrons. The molecule has 0 aromatic heterocycles. The zero-order chi connectivity index (χ0) is 8.48. The molecule has 1 saturated heterocycles. The van der Waals surface area contributed by atoms with Gasteiger partial charge in [0.15, 0.2) is 0 Å². The Kier molecular flexibility index (Phi) is 2.36. The van der Waals surface area contributed by atoms with Gasteiger partial charge in [-0.15, -0.1) is 0 Å². The van der Waals surface area contributed by atoms with Gasteiger partial charge in [-0.2, -0.15) is 13.2 Å². The minimum atomic E-state index is -4.38. The molecule has 2 N–H and O–H groups in total. The molecule has 0 bridgehead atoms. The molecule has 0 spiro atoms. The van der Waals surface area contributed by atoms with Crippen LogP contribution in [-0.4, -0.2) is 36.8 Å². The van der Waals surface area contributed by atoms with E-state index in [9.17, 15) is 13.2 Å². The summed E-state index contributed by atoms with van der Waals surface area (Å²) in [5.74, 6) is 0. The van der Waals surface area contributed by atoms with E-state index < -0.39 is 18.5 Å². The van der Waals surface area contributed by atoms with Crippen LogP contribution in [0, 0.1) is 0 Å². The Morgan fingerprint density at radius 1 is 1.55 bits per heavy atom. The molecule has 1 aliphatic rings. The number of aliphatic hydroxyl groups excluding tert-OH is 1. The minimum Gasteiger partial charge on any atom is -0.394 e. The van der Waals surface area contributed by atoms with E-state index in [1.807, 2.05) is 0 Å². The molecule has 0 amide bonds. The number of nitrogens with one attached hydrogen (secondary N) is 1. The molecule has 0 aromatic rings. The third kappa shape index (κ3) is 2.05. The third-order valence-electron chi connectivity index (χ3n) is 1.36. The van der Waals surface area contributed by atoms with Crippen LogP contribution in [0.2, 0.25) is 0 Å². The maximum atomic E-state index is 11.8. The predicted molar refractivity (Wildman–Crippen MR) is 29.8 cm³/mol. The predicted octanol–water partition coefficient (Wildman–Crippen LogP) is -0.145. The van der Waals surface area contributed by atoms with Gasteiger partial charge in [-0.25, -0.2) is 0 Å². The van der Waals surface area contributed by atoms with E-state index in [0.29, 0.717) is 0 Å². The highest BCUT2D eigenvalue weighted by Gasteiger charge is 2.45. The van der Waals surface area contributed by atoms with Crippen LogP contribution in [0.15, 0.2) is 0 Å². The Hall–Kier alpha value is -0.330. The smallest absolute Gasteiger partial charge is 0.394 e. The first-order chi connectivity index (χ1) is 5.04. The van der Waals surface area contributed by atoms with E-state index in [4.69, 9.17) is 5.11 Å². The van der Waals surface area contributed by atoms with Gasteiger partial charge in [-0.1, -0.05) is 0 Å². The van der Waals surface area contributed by atoms with E-state index in [1.165, 1.54) is 0 Å². The fourth-order valence-corrected chi connectivity index (χ4v) is 0.828. The Labute approximate surface area is 61.1 Å². The first kappa shape index (κ1) is 8.76. The summed E-state index contributed by atoms with van der Waals surface area (Å²) < 4.78 is 39.8. The number of hydrogen-bond acceptors (Lipinski definition) is 3. The molecular weight excluding hydrogens is 163 g/mol. The van der Waals surface area contributed by atoms with Crippen molar-refractivity contribution in [2.75, 3.05) is 13.2 Å². The molecule has 1 heterocycles. The first-order valence-electron chi connectivity index (χ1n) is 3.10. The molecule has 2 atom stereocenters. The number of alkyl halides is 3.